The van der Waals surface area contributed by atoms with Gasteiger partial charge in [-0.3, -0.25) is 5.43 Å². The monoisotopic (exact) mass is 253 g/mol. The van der Waals surface area contributed by atoms with E-state index >= 15 is 0 Å². The summed E-state index contributed by atoms with van der Waals surface area (Å²) in [4.78, 5) is 0. The quantitative estimate of drug-likeness (QED) is 0.366. The Labute approximate surface area is 106 Å². The van der Waals surface area contributed by atoms with Crippen LogP contribution in [-0.2, 0) is 0 Å². The average molecular weight is 253 g/mol. The number of halogens is 1. The van der Waals surface area contributed by atoms with E-state index in [0.717, 1.165) is 19.4 Å². The van der Waals surface area contributed by atoms with Crippen molar-refractivity contribution in [3.05, 3.63) is 35.6 Å². The van der Waals surface area contributed by atoms with Crippen LogP contribution in [0.25, 0.3) is 0 Å². The molecule has 3 nitrogen and oxygen atoms in total. The maximum atomic E-state index is 12.8. The molecule has 0 bridgehead atoms. The molecule has 17 heavy (non-hydrogen) atoms. The smallest absolute Gasteiger partial charge is 0.186 e. The number of hydrogen-bond donors (Lipinski definition) is 2. The van der Waals surface area contributed by atoms with Gasteiger partial charge < -0.3 is 5.32 Å². The van der Waals surface area contributed by atoms with Gasteiger partial charge in [0.25, 0.3) is 0 Å². The van der Waals surface area contributed by atoms with Gasteiger partial charge in [0, 0.05) is 6.54 Å². The molecule has 0 amide bonds. The van der Waals surface area contributed by atoms with Crippen LogP contribution in [0.2, 0.25) is 0 Å². The molecule has 0 aliphatic carbocycles. The molecule has 5 heteroatoms. The first-order valence-electron chi connectivity index (χ1n) is 5.55. The molecule has 0 heterocycles. The molecule has 0 radical (unpaired) electrons. The van der Waals surface area contributed by atoms with E-state index in [2.05, 4.69) is 22.8 Å². The molecule has 0 saturated heterocycles. The summed E-state index contributed by atoms with van der Waals surface area (Å²) in [6.45, 7) is 2.94. The van der Waals surface area contributed by atoms with Crippen LogP contribution in [-0.4, -0.2) is 17.9 Å². The van der Waals surface area contributed by atoms with E-state index < -0.39 is 0 Å². The zero-order valence-electron chi connectivity index (χ0n) is 9.74. The minimum Gasteiger partial charge on any atom is -0.361 e. The number of rotatable bonds is 5. The van der Waals surface area contributed by atoms with E-state index in [4.69, 9.17) is 12.2 Å². The maximum Gasteiger partial charge on any atom is 0.186 e. The molecule has 0 aromatic heterocycles. The molecule has 0 atom stereocenters. The van der Waals surface area contributed by atoms with E-state index in [-0.39, 0.29) is 5.82 Å². The van der Waals surface area contributed by atoms with Crippen molar-refractivity contribution in [2.75, 3.05) is 6.54 Å². The number of unbranched alkanes of at least 4 members (excludes halogenated alkanes) is 1. The zero-order chi connectivity index (χ0) is 12.5. The van der Waals surface area contributed by atoms with Gasteiger partial charge in [0.2, 0.25) is 0 Å². The third kappa shape index (κ3) is 5.97. The number of hydrogen-bond acceptors (Lipinski definition) is 2. The van der Waals surface area contributed by atoms with Gasteiger partial charge in [0.05, 0.1) is 6.21 Å². The van der Waals surface area contributed by atoms with Gasteiger partial charge in [0.1, 0.15) is 5.82 Å². The average Bonchev–Trinajstić information content (AvgIpc) is 2.29. The SMILES string of the molecule is CCCCNC(=S)NN=Cc1cccc(F)c1. The molecule has 92 valence electrons. The Morgan fingerprint density at radius 2 is 2.35 bits per heavy atom. The molecular formula is C12H16FN3S. The Morgan fingerprint density at radius 3 is 3.06 bits per heavy atom. The summed E-state index contributed by atoms with van der Waals surface area (Å²) in [5.74, 6) is -0.280. The first-order chi connectivity index (χ1) is 8.22. The summed E-state index contributed by atoms with van der Waals surface area (Å²) in [5, 5.41) is 7.41. The van der Waals surface area contributed by atoms with Crippen molar-refractivity contribution < 1.29 is 4.39 Å². The van der Waals surface area contributed by atoms with E-state index in [0.29, 0.717) is 10.7 Å². The molecule has 0 saturated carbocycles. The van der Waals surface area contributed by atoms with Gasteiger partial charge in [0.15, 0.2) is 5.11 Å². The lowest BCUT2D eigenvalue weighted by Crippen LogP contribution is -2.32. The van der Waals surface area contributed by atoms with Gasteiger partial charge in [-0.25, -0.2) is 4.39 Å². The third-order valence-electron chi connectivity index (χ3n) is 2.04. The van der Waals surface area contributed by atoms with Crippen molar-refractivity contribution in [2.24, 2.45) is 5.10 Å². The fraction of sp³-hybridized carbons (Fsp3) is 0.333. The van der Waals surface area contributed by atoms with Crippen molar-refractivity contribution in [1.82, 2.24) is 10.7 Å². The summed E-state index contributed by atoms with van der Waals surface area (Å²) in [5.41, 5.74) is 3.37. The number of nitrogens with one attached hydrogen (secondary N) is 2. The minimum atomic E-state index is -0.280. The van der Waals surface area contributed by atoms with Crippen LogP contribution in [0.1, 0.15) is 25.3 Å². The Hall–Kier alpha value is -1.49. The normalized spacial score (nSPS) is 10.5. The summed E-state index contributed by atoms with van der Waals surface area (Å²) in [7, 11) is 0. The first kappa shape index (κ1) is 13.6. The molecule has 0 aliphatic heterocycles. The highest BCUT2D eigenvalue weighted by molar-refractivity contribution is 7.80. The highest BCUT2D eigenvalue weighted by Gasteiger charge is 1.92. The number of hydrazone groups is 1. The standard InChI is InChI=1S/C12H16FN3S/c1-2-3-7-14-12(17)16-15-9-10-5-4-6-11(13)8-10/h4-6,8-9H,2-3,7H2,1H3,(H2,14,16,17). The summed E-state index contributed by atoms with van der Waals surface area (Å²) in [6, 6.07) is 6.19. The third-order valence-corrected chi connectivity index (χ3v) is 2.28. The summed E-state index contributed by atoms with van der Waals surface area (Å²) >= 11 is 5.00. The van der Waals surface area contributed by atoms with Gasteiger partial charge in [-0.05, 0) is 36.3 Å². The number of nitrogens with zero attached hydrogens (tertiary/aromatic N) is 1. The second kappa shape index (κ2) is 7.73. The van der Waals surface area contributed by atoms with Gasteiger partial charge in [-0.1, -0.05) is 25.5 Å². The largest absolute Gasteiger partial charge is 0.361 e. The van der Waals surface area contributed by atoms with E-state index in [1.807, 2.05) is 0 Å². The van der Waals surface area contributed by atoms with Crippen molar-refractivity contribution in [3.63, 3.8) is 0 Å². The fourth-order valence-electron chi connectivity index (χ4n) is 1.17. The van der Waals surface area contributed by atoms with Crippen LogP contribution in [0.3, 0.4) is 0 Å². The molecule has 2 N–H and O–H groups in total. The molecule has 0 spiro atoms. The fourth-order valence-corrected chi connectivity index (χ4v) is 1.33. The Balaban J connectivity index is 2.32. The van der Waals surface area contributed by atoms with Crippen molar-refractivity contribution in [1.29, 1.82) is 0 Å². The predicted molar refractivity (Wildman–Crippen MR) is 72.6 cm³/mol. The molecule has 0 unspecified atom stereocenters. The second-order valence-electron chi connectivity index (χ2n) is 3.53. The minimum absolute atomic E-state index is 0.280. The topological polar surface area (TPSA) is 36.4 Å². The molecule has 0 fully saturated rings. The Morgan fingerprint density at radius 1 is 1.53 bits per heavy atom. The van der Waals surface area contributed by atoms with Crippen LogP contribution < -0.4 is 10.7 Å². The second-order valence-corrected chi connectivity index (χ2v) is 3.94. The van der Waals surface area contributed by atoms with Gasteiger partial charge in [-0.15, -0.1) is 0 Å². The van der Waals surface area contributed by atoms with Crippen LogP contribution in [0.15, 0.2) is 29.4 Å². The van der Waals surface area contributed by atoms with Crippen molar-refractivity contribution in [2.45, 2.75) is 19.8 Å². The number of thiocarbonyl (C=S) groups is 1. The van der Waals surface area contributed by atoms with Gasteiger partial charge in [-0.2, -0.15) is 5.10 Å². The summed E-state index contributed by atoms with van der Waals surface area (Å²) in [6.07, 6.45) is 3.70. The Kier molecular flexibility index (Phi) is 6.17. The van der Waals surface area contributed by atoms with Crippen molar-refractivity contribution in [3.8, 4) is 0 Å². The van der Waals surface area contributed by atoms with Crippen LogP contribution in [0, 0.1) is 5.82 Å². The highest BCUT2D eigenvalue weighted by atomic mass is 32.1. The molecule has 1 rings (SSSR count). The zero-order valence-corrected chi connectivity index (χ0v) is 10.6. The van der Waals surface area contributed by atoms with Gasteiger partial charge >= 0.3 is 0 Å². The van der Waals surface area contributed by atoms with Crippen molar-refractivity contribution >= 4 is 23.5 Å². The molecular weight excluding hydrogens is 237 g/mol. The lowest BCUT2D eigenvalue weighted by Gasteiger charge is -2.05. The van der Waals surface area contributed by atoms with E-state index in [1.54, 1.807) is 12.1 Å². The lowest BCUT2D eigenvalue weighted by molar-refractivity contribution is 0.627. The first-order valence-corrected chi connectivity index (χ1v) is 5.95. The molecule has 0 aliphatic rings. The Bertz CT molecular complexity index is 393. The molecule has 1 aromatic rings. The summed E-state index contributed by atoms with van der Waals surface area (Å²) < 4.78 is 12.8. The van der Waals surface area contributed by atoms with Crippen LogP contribution >= 0.6 is 12.2 Å². The number of benzene rings is 1. The van der Waals surface area contributed by atoms with E-state index in [9.17, 15) is 4.39 Å². The maximum absolute atomic E-state index is 12.8. The molecule has 1 aromatic carbocycles. The highest BCUT2D eigenvalue weighted by Crippen LogP contribution is 1.99. The van der Waals surface area contributed by atoms with E-state index in [1.165, 1.54) is 18.3 Å². The predicted octanol–water partition coefficient (Wildman–Crippen LogP) is 2.42. The van der Waals surface area contributed by atoms with Crippen LogP contribution in [0.4, 0.5) is 4.39 Å². The lowest BCUT2D eigenvalue weighted by atomic mass is 10.2. The van der Waals surface area contributed by atoms with Crippen LogP contribution in [0.5, 0.6) is 0 Å².